The quantitative estimate of drug-likeness (QED) is 0.344. The van der Waals surface area contributed by atoms with Crippen LogP contribution < -0.4 is 0 Å². The number of nitrogens with zero attached hydrogens (tertiary/aromatic N) is 1. The van der Waals surface area contributed by atoms with Gasteiger partial charge in [-0.05, 0) is 6.92 Å². The van der Waals surface area contributed by atoms with Crippen LogP contribution >= 0.6 is 0 Å². The van der Waals surface area contributed by atoms with Gasteiger partial charge in [0, 0.05) is 25.2 Å². The molecule has 0 aromatic heterocycles. The van der Waals surface area contributed by atoms with Gasteiger partial charge in [0.1, 0.15) is 0 Å². The summed E-state index contributed by atoms with van der Waals surface area (Å²) in [4.78, 5) is 10.0. The highest BCUT2D eigenvalue weighted by Crippen LogP contribution is 2.12. The molecule has 0 rings (SSSR count). The van der Waals surface area contributed by atoms with Gasteiger partial charge in [0.2, 0.25) is 5.54 Å². The molecule has 0 aliphatic rings. The molecule has 0 saturated heterocycles. The summed E-state index contributed by atoms with van der Waals surface area (Å²) in [6.45, 7) is 5.09. The minimum absolute atomic E-state index is 0.257. The molecule has 0 aliphatic carbocycles. The molecule has 3 nitrogen and oxygen atoms in total. The molecule has 0 unspecified atom stereocenters. The van der Waals surface area contributed by atoms with Gasteiger partial charge in [-0.2, -0.15) is 0 Å². The van der Waals surface area contributed by atoms with Gasteiger partial charge in [0.05, 0.1) is 0 Å². The van der Waals surface area contributed by atoms with Crippen LogP contribution in [0.3, 0.4) is 0 Å². The largest absolute Gasteiger partial charge is 0.264 e. The van der Waals surface area contributed by atoms with Crippen LogP contribution in [0.1, 0.15) is 27.2 Å². The van der Waals surface area contributed by atoms with E-state index in [1.165, 1.54) is 0 Å². The average Bonchev–Trinajstić information content (AvgIpc) is 1.84. The first-order chi connectivity index (χ1) is 4.50. The van der Waals surface area contributed by atoms with Gasteiger partial charge in [0.25, 0.3) is 0 Å². The Morgan fingerprint density at radius 3 is 2.40 bits per heavy atom. The molecule has 0 amide bonds. The highest BCUT2D eigenvalue weighted by atomic mass is 16.6. The van der Waals surface area contributed by atoms with Crippen LogP contribution in [0.2, 0.25) is 0 Å². The van der Waals surface area contributed by atoms with E-state index in [9.17, 15) is 10.1 Å². The Bertz CT molecular complexity index is 150. The van der Waals surface area contributed by atoms with E-state index in [-0.39, 0.29) is 4.92 Å². The van der Waals surface area contributed by atoms with Crippen molar-refractivity contribution in [2.75, 3.05) is 0 Å². The minimum Gasteiger partial charge on any atom is -0.264 e. The average molecular weight is 143 g/mol. The summed E-state index contributed by atoms with van der Waals surface area (Å²) in [5.74, 6) is 0. The van der Waals surface area contributed by atoms with Gasteiger partial charge in [-0.3, -0.25) is 10.1 Å². The zero-order chi connectivity index (χ0) is 8.20. The number of nitro groups is 1. The van der Waals surface area contributed by atoms with E-state index in [1.54, 1.807) is 13.8 Å². The highest BCUT2D eigenvalue weighted by molar-refractivity contribution is 4.84. The van der Waals surface area contributed by atoms with Crippen molar-refractivity contribution >= 4 is 0 Å². The Kier molecular flexibility index (Phi) is 3.06. The normalized spacial score (nSPS) is 12.3. The van der Waals surface area contributed by atoms with E-state index in [4.69, 9.17) is 0 Å². The monoisotopic (exact) mass is 143 g/mol. The lowest BCUT2D eigenvalue weighted by Gasteiger charge is -2.11. The zero-order valence-corrected chi connectivity index (χ0v) is 6.63. The van der Waals surface area contributed by atoms with E-state index < -0.39 is 5.54 Å². The van der Waals surface area contributed by atoms with Crippen molar-refractivity contribution in [3.05, 3.63) is 22.3 Å². The smallest absolute Gasteiger partial charge is 0.220 e. The molecule has 0 bridgehead atoms. The van der Waals surface area contributed by atoms with Crippen LogP contribution in [0.15, 0.2) is 12.2 Å². The topological polar surface area (TPSA) is 43.1 Å². The third kappa shape index (κ3) is 2.62. The SMILES string of the molecule is CC=CCC(C)(C)[N+](=O)[O-]. The van der Waals surface area contributed by atoms with Crippen LogP contribution in [-0.2, 0) is 0 Å². The molecule has 3 heteroatoms. The van der Waals surface area contributed by atoms with Crippen LogP contribution in [0.25, 0.3) is 0 Å². The Labute approximate surface area is 60.9 Å². The van der Waals surface area contributed by atoms with Crippen molar-refractivity contribution in [1.29, 1.82) is 0 Å². The molecular formula is C7H13NO2. The summed E-state index contributed by atoms with van der Waals surface area (Å²) < 4.78 is 0. The fourth-order valence-electron chi connectivity index (χ4n) is 0.481. The Hall–Kier alpha value is -0.860. The van der Waals surface area contributed by atoms with Crippen molar-refractivity contribution in [3.63, 3.8) is 0 Å². The maximum absolute atomic E-state index is 10.3. The summed E-state index contributed by atoms with van der Waals surface area (Å²) in [6.07, 6.45) is 4.13. The van der Waals surface area contributed by atoms with Gasteiger partial charge in [-0.1, -0.05) is 12.2 Å². The fourth-order valence-corrected chi connectivity index (χ4v) is 0.481. The predicted octanol–water partition coefficient (Wildman–Crippen LogP) is 2.01. The van der Waals surface area contributed by atoms with Crippen molar-refractivity contribution in [2.45, 2.75) is 32.7 Å². The van der Waals surface area contributed by atoms with E-state index in [2.05, 4.69) is 0 Å². The molecule has 0 aromatic carbocycles. The molecule has 0 aliphatic heterocycles. The lowest BCUT2D eigenvalue weighted by atomic mass is 10.0. The van der Waals surface area contributed by atoms with Gasteiger partial charge in [0.15, 0.2) is 0 Å². The molecule has 0 atom stereocenters. The standard InChI is InChI=1S/C7H13NO2/c1-4-5-6-7(2,3)8(9)10/h4-5H,6H2,1-3H3. The van der Waals surface area contributed by atoms with Crippen molar-refractivity contribution < 1.29 is 4.92 Å². The van der Waals surface area contributed by atoms with Gasteiger partial charge < -0.3 is 0 Å². The number of hydrogen-bond donors (Lipinski definition) is 0. The van der Waals surface area contributed by atoms with E-state index in [1.807, 2.05) is 19.1 Å². The molecule has 0 N–H and O–H groups in total. The first-order valence-corrected chi connectivity index (χ1v) is 3.26. The van der Waals surface area contributed by atoms with Crippen molar-refractivity contribution in [2.24, 2.45) is 0 Å². The molecule has 0 radical (unpaired) electrons. The predicted molar refractivity (Wildman–Crippen MR) is 40.5 cm³/mol. The molecule has 0 saturated carbocycles. The molecular weight excluding hydrogens is 130 g/mol. The van der Waals surface area contributed by atoms with Crippen LogP contribution in [0.4, 0.5) is 0 Å². The second-order valence-electron chi connectivity index (χ2n) is 2.84. The van der Waals surface area contributed by atoms with Gasteiger partial charge >= 0.3 is 0 Å². The van der Waals surface area contributed by atoms with Gasteiger partial charge in [-0.15, -0.1) is 0 Å². The lowest BCUT2D eigenvalue weighted by Crippen LogP contribution is -2.29. The lowest BCUT2D eigenvalue weighted by molar-refractivity contribution is -0.559. The number of hydrogen-bond acceptors (Lipinski definition) is 2. The van der Waals surface area contributed by atoms with Crippen LogP contribution in [0, 0.1) is 10.1 Å². The summed E-state index contributed by atoms with van der Waals surface area (Å²) in [5, 5.41) is 10.3. The first-order valence-electron chi connectivity index (χ1n) is 3.26. The fraction of sp³-hybridized carbons (Fsp3) is 0.714. The van der Waals surface area contributed by atoms with Crippen LogP contribution in [0.5, 0.6) is 0 Å². The Morgan fingerprint density at radius 1 is 1.60 bits per heavy atom. The van der Waals surface area contributed by atoms with Crippen molar-refractivity contribution in [3.8, 4) is 0 Å². The third-order valence-electron chi connectivity index (χ3n) is 1.35. The van der Waals surface area contributed by atoms with E-state index in [0.29, 0.717) is 6.42 Å². The minimum atomic E-state index is -0.813. The summed E-state index contributed by atoms with van der Waals surface area (Å²) >= 11 is 0. The molecule has 10 heavy (non-hydrogen) atoms. The third-order valence-corrected chi connectivity index (χ3v) is 1.35. The molecule has 0 fully saturated rings. The summed E-state index contributed by atoms with van der Waals surface area (Å²) in [6, 6.07) is 0. The number of rotatable bonds is 3. The summed E-state index contributed by atoms with van der Waals surface area (Å²) in [5.41, 5.74) is -0.813. The molecule has 58 valence electrons. The maximum atomic E-state index is 10.3. The Balaban J connectivity index is 3.99. The van der Waals surface area contributed by atoms with Crippen molar-refractivity contribution in [1.82, 2.24) is 0 Å². The second-order valence-corrected chi connectivity index (χ2v) is 2.84. The second kappa shape index (κ2) is 3.34. The Morgan fingerprint density at radius 2 is 2.10 bits per heavy atom. The number of allylic oxidation sites excluding steroid dienone is 1. The van der Waals surface area contributed by atoms with Gasteiger partial charge in [-0.25, -0.2) is 0 Å². The van der Waals surface area contributed by atoms with E-state index in [0.717, 1.165) is 0 Å². The zero-order valence-electron chi connectivity index (χ0n) is 6.63. The highest BCUT2D eigenvalue weighted by Gasteiger charge is 2.28. The maximum Gasteiger partial charge on any atom is 0.220 e. The van der Waals surface area contributed by atoms with Crippen LogP contribution in [-0.4, -0.2) is 10.5 Å². The summed E-state index contributed by atoms with van der Waals surface area (Å²) in [7, 11) is 0. The first kappa shape index (κ1) is 9.14. The van der Waals surface area contributed by atoms with E-state index >= 15 is 0 Å². The molecule has 0 heterocycles. The molecule has 0 aromatic rings. The molecule has 0 spiro atoms.